The van der Waals surface area contributed by atoms with Gasteiger partial charge in [-0.05, 0) is 43.5 Å². The summed E-state index contributed by atoms with van der Waals surface area (Å²) in [5.41, 5.74) is 3.15. The Labute approximate surface area is 159 Å². The molecule has 0 saturated carbocycles. The first-order valence-electron chi connectivity index (χ1n) is 9.33. The van der Waals surface area contributed by atoms with Gasteiger partial charge in [-0.2, -0.15) is 0 Å². The minimum Gasteiger partial charge on any atom is -0.341 e. The molecule has 2 amide bonds. The number of carbonyl (C=O) groups excluding carboxylic acids is 2. The number of rotatable bonds is 3. The van der Waals surface area contributed by atoms with Crippen molar-refractivity contribution >= 4 is 11.8 Å². The summed E-state index contributed by atoms with van der Waals surface area (Å²) in [6.45, 7) is 6.09. The average Bonchev–Trinajstić information content (AvgIpc) is 2.91. The number of nitrogens with zero attached hydrogens (tertiary/aromatic N) is 2. The summed E-state index contributed by atoms with van der Waals surface area (Å²) in [6.07, 6.45) is 0.775. The summed E-state index contributed by atoms with van der Waals surface area (Å²) in [7, 11) is 0. The van der Waals surface area contributed by atoms with E-state index in [2.05, 4.69) is 0 Å². The van der Waals surface area contributed by atoms with Crippen LogP contribution in [0.25, 0.3) is 0 Å². The predicted octanol–water partition coefficient (Wildman–Crippen LogP) is 3.36. The Morgan fingerprint density at radius 2 is 1.67 bits per heavy atom. The van der Waals surface area contributed by atoms with E-state index in [1.165, 1.54) is 6.07 Å². The van der Waals surface area contributed by atoms with E-state index in [-0.39, 0.29) is 24.1 Å². The zero-order valence-electron chi connectivity index (χ0n) is 15.9. The molecule has 27 heavy (non-hydrogen) atoms. The Morgan fingerprint density at radius 3 is 2.44 bits per heavy atom. The van der Waals surface area contributed by atoms with Crippen molar-refractivity contribution in [1.82, 2.24) is 9.80 Å². The van der Waals surface area contributed by atoms with E-state index in [1.54, 1.807) is 23.1 Å². The Balaban J connectivity index is 1.65. The van der Waals surface area contributed by atoms with Gasteiger partial charge in [-0.15, -0.1) is 0 Å². The van der Waals surface area contributed by atoms with Crippen LogP contribution in [0.2, 0.25) is 0 Å². The zero-order chi connectivity index (χ0) is 19.4. The van der Waals surface area contributed by atoms with Gasteiger partial charge in [0.2, 0.25) is 5.91 Å². The fourth-order valence-electron chi connectivity index (χ4n) is 3.42. The summed E-state index contributed by atoms with van der Waals surface area (Å²) in [5, 5.41) is 0. The van der Waals surface area contributed by atoms with Crippen molar-refractivity contribution in [3.63, 3.8) is 0 Å². The highest BCUT2D eigenvalue weighted by atomic mass is 19.1. The van der Waals surface area contributed by atoms with Crippen LogP contribution in [0.4, 0.5) is 4.39 Å². The van der Waals surface area contributed by atoms with Gasteiger partial charge in [0, 0.05) is 31.7 Å². The van der Waals surface area contributed by atoms with Gasteiger partial charge in [-0.3, -0.25) is 9.59 Å². The second kappa shape index (κ2) is 8.33. The Kier molecular flexibility index (Phi) is 5.89. The van der Waals surface area contributed by atoms with E-state index in [4.69, 9.17) is 0 Å². The lowest BCUT2D eigenvalue weighted by Gasteiger charge is -2.23. The lowest BCUT2D eigenvalue weighted by Crippen LogP contribution is -2.38. The quantitative estimate of drug-likeness (QED) is 0.834. The molecule has 5 heteroatoms. The van der Waals surface area contributed by atoms with Crippen LogP contribution >= 0.6 is 0 Å². The highest BCUT2D eigenvalue weighted by Gasteiger charge is 2.24. The lowest BCUT2D eigenvalue weighted by atomic mass is 10.0. The minimum atomic E-state index is -0.354. The molecule has 0 N–H and O–H groups in total. The molecule has 2 aromatic carbocycles. The van der Waals surface area contributed by atoms with Gasteiger partial charge >= 0.3 is 0 Å². The van der Waals surface area contributed by atoms with Crippen molar-refractivity contribution in [3.8, 4) is 0 Å². The number of hydrogen-bond acceptors (Lipinski definition) is 2. The maximum Gasteiger partial charge on any atom is 0.254 e. The lowest BCUT2D eigenvalue weighted by molar-refractivity contribution is -0.130. The average molecular weight is 368 g/mol. The molecule has 0 spiro atoms. The number of aryl methyl sites for hydroxylation is 2. The molecule has 0 radical (unpaired) electrons. The van der Waals surface area contributed by atoms with Crippen molar-refractivity contribution in [2.45, 2.75) is 26.7 Å². The number of hydrogen-bond donors (Lipinski definition) is 0. The summed E-state index contributed by atoms with van der Waals surface area (Å²) in [4.78, 5) is 29.0. The van der Waals surface area contributed by atoms with Gasteiger partial charge in [0.15, 0.2) is 0 Å². The Hall–Kier alpha value is -2.69. The Bertz CT molecular complexity index is 850. The first kappa shape index (κ1) is 19.1. The van der Waals surface area contributed by atoms with Crippen molar-refractivity contribution in [1.29, 1.82) is 0 Å². The minimum absolute atomic E-state index is 0.0135. The summed E-state index contributed by atoms with van der Waals surface area (Å²) in [5.74, 6) is -0.437. The largest absolute Gasteiger partial charge is 0.341 e. The van der Waals surface area contributed by atoms with Crippen LogP contribution in [-0.4, -0.2) is 47.8 Å². The molecule has 4 nitrogen and oxygen atoms in total. The van der Waals surface area contributed by atoms with E-state index in [0.717, 1.165) is 23.1 Å². The van der Waals surface area contributed by atoms with E-state index in [1.807, 2.05) is 36.9 Å². The molecule has 1 fully saturated rings. The molecule has 1 aliphatic heterocycles. The second-order valence-corrected chi connectivity index (χ2v) is 7.11. The molecule has 1 saturated heterocycles. The van der Waals surface area contributed by atoms with Crippen LogP contribution in [0.5, 0.6) is 0 Å². The van der Waals surface area contributed by atoms with Crippen LogP contribution < -0.4 is 0 Å². The molecule has 1 heterocycles. The van der Waals surface area contributed by atoms with Crippen LogP contribution in [-0.2, 0) is 11.2 Å². The van der Waals surface area contributed by atoms with Gasteiger partial charge in [-0.1, -0.05) is 35.9 Å². The molecular formula is C22H25FN2O2. The molecule has 0 aliphatic carbocycles. The van der Waals surface area contributed by atoms with Crippen LogP contribution in [0.3, 0.4) is 0 Å². The predicted molar refractivity (Wildman–Crippen MR) is 103 cm³/mol. The third kappa shape index (κ3) is 4.54. The molecular weight excluding hydrogens is 343 g/mol. The number of amides is 2. The molecule has 142 valence electrons. The highest BCUT2D eigenvalue weighted by molar-refractivity contribution is 5.96. The second-order valence-electron chi connectivity index (χ2n) is 7.11. The number of benzene rings is 2. The van der Waals surface area contributed by atoms with Crippen LogP contribution in [0.15, 0.2) is 42.5 Å². The SMILES string of the molecule is Cc1ccc(C)c(C(=O)N2CCCN(C(=O)Cc3ccccc3F)CC2)c1. The Morgan fingerprint density at radius 1 is 0.963 bits per heavy atom. The first-order valence-corrected chi connectivity index (χ1v) is 9.33. The van der Waals surface area contributed by atoms with Gasteiger partial charge in [0.05, 0.1) is 6.42 Å². The monoisotopic (exact) mass is 368 g/mol. The van der Waals surface area contributed by atoms with Gasteiger partial charge in [0.25, 0.3) is 5.91 Å². The maximum atomic E-state index is 13.8. The van der Waals surface area contributed by atoms with Crippen LogP contribution in [0.1, 0.15) is 33.5 Å². The number of carbonyl (C=O) groups is 2. The summed E-state index contributed by atoms with van der Waals surface area (Å²) in [6, 6.07) is 12.2. The third-order valence-corrected chi connectivity index (χ3v) is 5.06. The van der Waals surface area contributed by atoms with Gasteiger partial charge < -0.3 is 9.80 Å². The van der Waals surface area contributed by atoms with Gasteiger partial charge in [-0.25, -0.2) is 4.39 Å². The molecule has 0 bridgehead atoms. The summed E-state index contributed by atoms with van der Waals surface area (Å²) >= 11 is 0. The normalized spacial score (nSPS) is 14.8. The van der Waals surface area contributed by atoms with Crippen molar-refractivity contribution in [2.75, 3.05) is 26.2 Å². The van der Waals surface area contributed by atoms with Crippen molar-refractivity contribution in [3.05, 3.63) is 70.5 Å². The van der Waals surface area contributed by atoms with E-state index in [0.29, 0.717) is 31.7 Å². The number of halogens is 1. The summed E-state index contributed by atoms with van der Waals surface area (Å²) < 4.78 is 13.8. The molecule has 0 atom stereocenters. The molecule has 0 aromatic heterocycles. The zero-order valence-corrected chi connectivity index (χ0v) is 15.9. The molecule has 0 unspecified atom stereocenters. The fraction of sp³-hybridized carbons (Fsp3) is 0.364. The first-order chi connectivity index (χ1) is 13.0. The van der Waals surface area contributed by atoms with Gasteiger partial charge in [0.1, 0.15) is 5.82 Å². The molecule has 3 rings (SSSR count). The molecule has 2 aromatic rings. The van der Waals surface area contributed by atoms with Crippen molar-refractivity contribution < 1.29 is 14.0 Å². The van der Waals surface area contributed by atoms with E-state index < -0.39 is 0 Å². The topological polar surface area (TPSA) is 40.6 Å². The maximum absolute atomic E-state index is 13.8. The fourth-order valence-corrected chi connectivity index (χ4v) is 3.42. The van der Waals surface area contributed by atoms with E-state index in [9.17, 15) is 14.0 Å². The third-order valence-electron chi connectivity index (χ3n) is 5.06. The van der Waals surface area contributed by atoms with Crippen molar-refractivity contribution in [2.24, 2.45) is 0 Å². The standard InChI is InChI=1S/C22H25FN2O2/c1-16-8-9-17(2)19(14-16)22(27)25-11-5-10-24(12-13-25)21(26)15-18-6-3-4-7-20(18)23/h3-4,6-9,14H,5,10-13,15H2,1-2H3. The van der Waals surface area contributed by atoms with E-state index >= 15 is 0 Å². The van der Waals surface area contributed by atoms with Crippen LogP contribution in [0, 0.1) is 19.7 Å². The highest BCUT2D eigenvalue weighted by Crippen LogP contribution is 2.16. The molecule has 1 aliphatic rings. The smallest absolute Gasteiger partial charge is 0.254 e.